The van der Waals surface area contributed by atoms with Gasteiger partial charge in [-0.25, -0.2) is 0 Å². The first kappa shape index (κ1) is 30.8. The van der Waals surface area contributed by atoms with Gasteiger partial charge in [0.15, 0.2) is 5.69 Å². The summed E-state index contributed by atoms with van der Waals surface area (Å²) in [5.74, 6) is 0.519. The summed E-state index contributed by atoms with van der Waals surface area (Å²) in [4.78, 5) is 30.1. The predicted molar refractivity (Wildman–Crippen MR) is 151 cm³/mol. The maximum Gasteiger partial charge on any atom is 0.278 e. The number of hydrogen-bond acceptors (Lipinski definition) is 6. The highest BCUT2D eigenvalue weighted by Gasteiger charge is 2.22. The molecule has 0 aliphatic heterocycles. The number of nitriles is 1. The molecule has 2 N–H and O–H groups in total. The van der Waals surface area contributed by atoms with Crippen LogP contribution >= 0.6 is 0 Å². The Morgan fingerprint density at radius 1 is 1.00 bits per heavy atom. The van der Waals surface area contributed by atoms with Gasteiger partial charge in [0.2, 0.25) is 5.88 Å². The SMILES string of the molecule is CCCCC(CC)CN(CC(CC)CCCC)C(=O)c1ccc(N=Nc2c(C)c(C#N)c(O)[nH]c2=O)cc1. The molecular formula is C30H43N5O3. The molecule has 0 saturated heterocycles. The summed E-state index contributed by atoms with van der Waals surface area (Å²) in [6, 6.07) is 8.75. The minimum absolute atomic E-state index is 0.0304. The molecule has 0 radical (unpaired) electrons. The Balaban J connectivity index is 2.26. The van der Waals surface area contributed by atoms with Crippen molar-refractivity contribution in [2.45, 2.75) is 86.0 Å². The Kier molecular flexibility index (Phi) is 12.7. The maximum atomic E-state index is 13.6. The second-order valence-corrected chi connectivity index (χ2v) is 10.1. The molecule has 0 aliphatic carbocycles. The lowest BCUT2D eigenvalue weighted by Gasteiger charge is -2.31. The quantitative estimate of drug-likeness (QED) is 0.235. The van der Waals surface area contributed by atoms with E-state index in [1.165, 1.54) is 19.8 Å². The molecule has 0 bridgehead atoms. The van der Waals surface area contributed by atoms with Crippen LogP contribution in [-0.4, -0.2) is 34.0 Å². The van der Waals surface area contributed by atoms with Gasteiger partial charge in [0.1, 0.15) is 11.6 Å². The molecule has 1 aromatic carbocycles. The topological polar surface area (TPSA) is 122 Å². The fraction of sp³-hybridized carbons (Fsp3) is 0.567. The second-order valence-electron chi connectivity index (χ2n) is 10.1. The lowest BCUT2D eigenvalue weighted by molar-refractivity contribution is 0.0685. The number of benzene rings is 1. The van der Waals surface area contributed by atoms with Crippen LogP contribution in [-0.2, 0) is 0 Å². The monoisotopic (exact) mass is 521 g/mol. The van der Waals surface area contributed by atoms with Crippen LogP contribution in [0.15, 0.2) is 39.3 Å². The number of hydrogen-bond donors (Lipinski definition) is 2. The van der Waals surface area contributed by atoms with Crippen molar-refractivity contribution in [3.63, 3.8) is 0 Å². The van der Waals surface area contributed by atoms with Gasteiger partial charge in [-0.15, -0.1) is 5.11 Å². The van der Waals surface area contributed by atoms with Gasteiger partial charge in [0.05, 0.1) is 5.69 Å². The number of H-pyrrole nitrogens is 1. The number of aromatic amines is 1. The third-order valence-corrected chi connectivity index (χ3v) is 7.24. The fourth-order valence-electron chi connectivity index (χ4n) is 4.61. The van der Waals surface area contributed by atoms with E-state index in [1.807, 2.05) is 11.0 Å². The van der Waals surface area contributed by atoms with Crippen molar-refractivity contribution >= 4 is 17.3 Å². The van der Waals surface area contributed by atoms with Crippen molar-refractivity contribution in [2.75, 3.05) is 13.1 Å². The average Bonchev–Trinajstić information content (AvgIpc) is 2.92. The molecule has 1 aromatic heterocycles. The van der Waals surface area contributed by atoms with E-state index in [4.69, 9.17) is 0 Å². The number of nitrogens with one attached hydrogen (secondary N) is 1. The van der Waals surface area contributed by atoms with E-state index in [9.17, 15) is 20.0 Å². The van der Waals surface area contributed by atoms with Gasteiger partial charge < -0.3 is 10.0 Å². The Morgan fingerprint density at radius 3 is 2.03 bits per heavy atom. The van der Waals surface area contributed by atoms with E-state index in [0.717, 1.165) is 51.6 Å². The van der Waals surface area contributed by atoms with Crippen LogP contribution < -0.4 is 5.56 Å². The number of amides is 1. The molecule has 8 nitrogen and oxygen atoms in total. The Hall–Kier alpha value is -3.47. The van der Waals surface area contributed by atoms with Crippen molar-refractivity contribution in [3.05, 3.63) is 51.3 Å². The zero-order valence-corrected chi connectivity index (χ0v) is 23.6. The standard InChI is InChI=1S/C30H43N5O3/c1-6-10-12-22(8-3)19-35(20-23(9-4)13-11-7-2)30(38)24-14-16-25(17-15-24)33-34-27-21(5)26(18-31)28(36)32-29(27)37/h14-17,22-23H,6-13,19-20H2,1-5H3,(H2,32,36,37). The first-order valence-corrected chi connectivity index (χ1v) is 14.0. The first-order chi connectivity index (χ1) is 18.3. The fourth-order valence-corrected chi connectivity index (χ4v) is 4.61. The number of carbonyl (C=O) groups is 1. The average molecular weight is 522 g/mol. The summed E-state index contributed by atoms with van der Waals surface area (Å²) in [7, 11) is 0. The number of nitrogens with zero attached hydrogens (tertiary/aromatic N) is 4. The summed E-state index contributed by atoms with van der Waals surface area (Å²) in [6.07, 6.45) is 9.02. The number of carbonyl (C=O) groups excluding carboxylic acids is 1. The van der Waals surface area contributed by atoms with Crippen LogP contribution in [0.4, 0.5) is 11.4 Å². The third kappa shape index (κ3) is 8.54. The molecule has 0 spiro atoms. The van der Waals surface area contributed by atoms with Gasteiger partial charge in [-0.2, -0.15) is 10.4 Å². The minimum Gasteiger partial charge on any atom is -0.494 e. The molecule has 8 heteroatoms. The molecule has 2 rings (SSSR count). The molecule has 2 aromatic rings. The van der Waals surface area contributed by atoms with Gasteiger partial charge in [-0.1, -0.05) is 66.2 Å². The van der Waals surface area contributed by atoms with Gasteiger partial charge >= 0.3 is 0 Å². The highest BCUT2D eigenvalue weighted by Crippen LogP contribution is 2.25. The van der Waals surface area contributed by atoms with Gasteiger partial charge in [0.25, 0.3) is 11.5 Å². The summed E-state index contributed by atoms with van der Waals surface area (Å²) < 4.78 is 0. The van der Waals surface area contributed by atoms with Crippen molar-refractivity contribution in [1.82, 2.24) is 9.88 Å². The maximum absolute atomic E-state index is 13.6. The van der Waals surface area contributed by atoms with Crippen molar-refractivity contribution in [3.8, 4) is 11.9 Å². The summed E-state index contributed by atoms with van der Waals surface area (Å²) in [6.45, 7) is 11.9. The van der Waals surface area contributed by atoms with Gasteiger partial charge in [-0.3, -0.25) is 14.6 Å². The molecule has 38 heavy (non-hydrogen) atoms. The van der Waals surface area contributed by atoms with Crippen LogP contribution in [0.2, 0.25) is 0 Å². The van der Waals surface area contributed by atoms with E-state index in [0.29, 0.717) is 23.1 Å². The minimum atomic E-state index is -0.632. The zero-order chi connectivity index (χ0) is 28.1. The van der Waals surface area contributed by atoms with Crippen LogP contribution in [0.1, 0.15) is 101 Å². The van der Waals surface area contributed by atoms with E-state index < -0.39 is 11.4 Å². The molecule has 0 aliphatic rings. The third-order valence-electron chi connectivity index (χ3n) is 7.24. The number of azo groups is 1. The predicted octanol–water partition coefficient (Wildman–Crippen LogP) is 7.55. The number of rotatable bonds is 15. The zero-order valence-electron chi connectivity index (χ0n) is 23.6. The molecule has 0 saturated carbocycles. The highest BCUT2D eigenvalue weighted by atomic mass is 16.3. The summed E-state index contributed by atoms with van der Waals surface area (Å²) in [5, 5.41) is 27.1. The smallest absolute Gasteiger partial charge is 0.278 e. The Labute approximate surface area is 226 Å². The van der Waals surface area contributed by atoms with Crippen molar-refractivity contribution in [1.29, 1.82) is 5.26 Å². The van der Waals surface area contributed by atoms with E-state index in [1.54, 1.807) is 24.3 Å². The lowest BCUT2D eigenvalue weighted by atomic mass is 9.95. The van der Waals surface area contributed by atoms with Crippen LogP contribution in [0.25, 0.3) is 0 Å². The van der Waals surface area contributed by atoms with Gasteiger partial charge in [-0.05, 0) is 55.9 Å². The Morgan fingerprint density at radius 2 is 1.55 bits per heavy atom. The Bertz CT molecular complexity index is 1150. The van der Waals surface area contributed by atoms with E-state index in [-0.39, 0.29) is 22.7 Å². The molecule has 1 heterocycles. The molecule has 2 unspecified atom stereocenters. The van der Waals surface area contributed by atoms with Crippen molar-refractivity contribution < 1.29 is 9.90 Å². The second kappa shape index (κ2) is 15.7. The van der Waals surface area contributed by atoms with Crippen molar-refractivity contribution in [2.24, 2.45) is 22.1 Å². The first-order valence-electron chi connectivity index (χ1n) is 14.0. The molecule has 2 atom stereocenters. The lowest BCUT2D eigenvalue weighted by Crippen LogP contribution is -2.39. The molecule has 206 valence electrons. The molecule has 0 fully saturated rings. The largest absolute Gasteiger partial charge is 0.494 e. The van der Waals surface area contributed by atoms with E-state index >= 15 is 0 Å². The van der Waals surface area contributed by atoms with Gasteiger partial charge in [0, 0.05) is 24.2 Å². The van der Waals surface area contributed by atoms with Crippen LogP contribution in [0.3, 0.4) is 0 Å². The summed E-state index contributed by atoms with van der Waals surface area (Å²) >= 11 is 0. The van der Waals surface area contributed by atoms with Crippen LogP contribution in [0.5, 0.6) is 5.88 Å². The molecule has 1 amide bonds. The normalized spacial score (nSPS) is 12.8. The highest BCUT2D eigenvalue weighted by molar-refractivity contribution is 5.94. The van der Waals surface area contributed by atoms with Crippen LogP contribution in [0, 0.1) is 30.1 Å². The number of unbranched alkanes of at least 4 members (excludes halogenated alkanes) is 2. The number of pyridine rings is 1. The van der Waals surface area contributed by atoms with E-state index in [2.05, 4.69) is 42.9 Å². The molecular weight excluding hydrogens is 478 g/mol. The number of aromatic hydroxyl groups is 1. The number of aromatic nitrogens is 1. The summed E-state index contributed by atoms with van der Waals surface area (Å²) in [5.41, 5.74) is 0.607.